The van der Waals surface area contributed by atoms with Gasteiger partial charge >= 0.3 is 0 Å². The van der Waals surface area contributed by atoms with Crippen LogP contribution in [0.25, 0.3) is 10.2 Å². The van der Waals surface area contributed by atoms with E-state index in [-0.39, 0.29) is 5.82 Å². The molecule has 0 spiro atoms. The van der Waals surface area contributed by atoms with E-state index in [0.29, 0.717) is 19.7 Å². The van der Waals surface area contributed by atoms with E-state index in [0.717, 1.165) is 11.3 Å². The van der Waals surface area contributed by atoms with Gasteiger partial charge in [0, 0.05) is 0 Å². The highest BCUT2D eigenvalue weighted by molar-refractivity contribution is 7.22. The van der Waals surface area contributed by atoms with Crippen LogP contribution < -0.4 is 0 Å². The van der Waals surface area contributed by atoms with E-state index >= 15 is 0 Å². The van der Waals surface area contributed by atoms with Gasteiger partial charge in [-0.25, -0.2) is 9.37 Å². The van der Waals surface area contributed by atoms with Crippen LogP contribution in [0.4, 0.5) is 4.39 Å². The van der Waals surface area contributed by atoms with Crippen LogP contribution in [0, 0.1) is 5.82 Å². The number of thiazole rings is 1. The van der Waals surface area contributed by atoms with Gasteiger partial charge < -0.3 is 0 Å². The number of aromatic nitrogens is 1. The second-order valence-corrected chi connectivity index (χ2v) is 4.16. The first kappa shape index (κ1) is 8.23. The number of rotatable bonds is 0. The summed E-state index contributed by atoms with van der Waals surface area (Å²) in [5.41, 5.74) is 0.437. The fourth-order valence-corrected chi connectivity index (χ4v) is 2.21. The van der Waals surface area contributed by atoms with Crippen molar-refractivity contribution in [1.29, 1.82) is 0 Å². The molecule has 0 N–H and O–H groups in total. The molecule has 1 aromatic heterocycles. The Labute approximate surface area is 81.7 Å². The van der Waals surface area contributed by atoms with Crippen molar-refractivity contribution >= 4 is 44.8 Å². The molecule has 2 rings (SSSR count). The van der Waals surface area contributed by atoms with Crippen LogP contribution in [-0.2, 0) is 0 Å². The zero-order valence-electron chi connectivity index (χ0n) is 5.64. The summed E-state index contributed by atoms with van der Waals surface area (Å²) in [5, 5.41) is 0.426. The van der Waals surface area contributed by atoms with Crippen molar-refractivity contribution in [2.75, 3.05) is 0 Å². The van der Waals surface area contributed by atoms with Gasteiger partial charge in [0.1, 0.15) is 11.3 Å². The van der Waals surface area contributed by atoms with Crippen molar-refractivity contribution in [1.82, 2.24) is 4.98 Å². The zero-order chi connectivity index (χ0) is 8.72. The Morgan fingerprint density at radius 2 is 2.08 bits per heavy atom. The van der Waals surface area contributed by atoms with Gasteiger partial charge in [-0.05, 0) is 12.1 Å². The van der Waals surface area contributed by atoms with E-state index < -0.39 is 0 Å². The summed E-state index contributed by atoms with van der Waals surface area (Å²) < 4.78 is 13.7. The topological polar surface area (TPSA) is 12.9 Å². The lowest BCUT2D eigenvalue weighted by molar-refractivity contribution is 0.641. The Balaban J connectivity index is 2.93. The molecule has 0 fully saturated rings. The third-order valence-corrected chi connectivity index (χ3v) is 2.89. The van der Waals surface area contributed by atoms with Crippen molar-refractivity contribution in [2.45, 2.75) is 0 Å². The number of hydrogen-bond acceptors (Lipinski definition) is 2. The van der Waals surface area contributed by atoms with E-state index in [1.165, 1.54) is 12.1 Å². The molecule has 5 heteroatoms. The molecule has 1 heterocycles. The summed E-state index contributed by atoms with van der Waals surface area (Å²) in [7, 11) is 0. The maximum Gasteiger partial charge on any atom is 0.184 e. The molecule has 0 amide bonds. The highest BCUT2D eigenvalue weighted by atomic mass is 35.5. The molecule has 0 unspecified atom stereocenters. The lowest BCUT2D eigenvalue weighted by atomic mass is 10.3. The van der Waals surface area contributed by atoms with Crippen LogP contribution in [-0.4, -0.2) is 4.98 Å². The molecule has 0 aliphatic carbocycles. The fourth-order valence-electron chi connectivity index (χ4n) is 0.919. The van der Waals surface area contributed by atoms with Crippen LogP contribution in [0.15, 0.2) is 12.1 Å². The predicted octanol–water partition coefficient (Wildman–Crippen LogP) is 3.74. The second kappa shape index (κ2) is 2.83. The fraction of sp³-hybridized carbons (Fsp3) is 0. The largest absolute Gasteiger partial charge is 0.223 e. The second-order valence-electron chi connectivity index (χ2n) is 2.17. The van der Waals surface area contributed by atoms with Crippen molar-refractivity contribution in [3.63, 3.8) is 0 Å². The molecule has 1 nitrogen and oxygen atoms in total. The third kappa shape index (κ3) is 1.18. The van der Waals surface area contributed by atoms with E-state index in [1.54, 1.807) is 0 Å². The minimum atomic E-state index is -0.334. The SMILES string of the molecule is Fc1ccc(Cl)c2nc(Cl)sc12. The first-order valence-corrected chi connectivity index (χ1v) is 4.66. The summed E-state index contributed by atoms with van der Waals surface area (Å²) in [5.74, 6) is -0.334. The Morgan fingerprint density at radius 1 is 1.33 bits per heavy atom. The van der Waals surface area contributed by atoms with E-state index in [9.17, 15) is 4.39 Å². The highest BCUT2D eigenvalue weighted by Crippen LogP contribution is 2.32. The average Bonchev–Trinajstić information content (AvgIpc) is 2.41. The van der Waals surface area contributed by atoms with Gasteiger partial charge in [0.2, 0.25) is 0 Å². The first-order valence-electron chi connectivity index (χ1n) is 3.08. The molecule has 1 aromatic carbocycles. The molecular weight excluding hydrogens is 220 g/mol. The van der Waals surface area contributed by atoms with Crippen LogP contribution in [0.3, 0.4) is 0 Å². The monoisotopic (exact) mass is 221 g/mol. The van der Waals surface area contributed by atoms with Gasteiger partial charge in [-0.3, -0.25) is 0 Å². The van der Waals surface area contributed by atoms with Crippen molar-refractivity contribution in [3.05, 3.63) is 27.4 Å². The Bertz CT molecular complexity index is 401. The van der Waals surface area contributed by atoms with Crippen LogP contribution in [0.1, 0.15) is 0 Å². The molecule has 0 saturated carbocycles. The first-order chi connectivity index (χ1) is 5.68. The maximum absolute atomic E-state index is 13.0. The molecule has 0 radical (unpaired) electrons. The van der Waals surface area contributed by atoms with Crippen molar-refractivity contribution in [2.24, 2.45) is 0 Å². The summed E-state index contributed by atoms with van der Waals surface area (Å²) >= 11 is 12.5. The molecule has 62 valence electrons. The van der Waals surface area contributed by atoms with Crippen LogP contribution >= 0.6 is 34.5 Å². The van der Waals surface area contributed by atoms with Crippen LogP contribution in [0.5, 0.6) is 0 Å². The number of halogens is 3. The van der Waals surface area contributed by atoms with E-state index in [4.69, 9.17) is 23.2 Å². The summed E-state index contributed by atoms with van der Waals surface area (Å²) in [6, 6.07) is 2.77. The Morgan fingerprint density at radius 3 is 2.75 bits per heavy atom. The highest BCUT2D eigenvalue weighted by Gasteiger charge is 2.09. The molecule has 0 saturated heterocycles. The molecule has 2 aromatic rings. The normalized spacial score (nSPS) is 10.9. The molecule has 12 heavy (non-hydrogen) atoms. The van der Waals surface area contributed by atoms with Gasteiger partial charge in [-0.15, -0.1) is 0 Å². The molecule has 0 aliphatic rings. The summed E-state index contributed by atoms with van der Waals surface area (Å²) in [6.45, 7) is 0. The Hall–Kier alpha value is -0.380. The van der Waals surface area contributed by atoms with Gasteiger partial charge in [-0.1, -0.05) is 34.5 Å². The van der Waals surface area contributed by atoms with Crippen molar-refractivity contribution < 1.29 is 4.39 Å². The molecular formula is C7H2Cl2FNS. The van der Waals surface area contributed by atoms with Gasteiger partial charge in [0.25, 0.3) is 0 Å². The number of benzene rings is 1. The standard InChI is InChI=1S/C7H2Cl2FNS/c8-3-1-2-4(10)6-5(3)11-7(9)12-6/h1-2H. The molecule has 0 aliphatic heterocycles. The van der Waals surface area contributed by atoms with Crippen LogP contribution in [0.2, 0.25) is 9.49 Å². The number of hydrogen-bond donors (Lipinski definition) is 0. The Kier molecular flexibility index (Phi) is 1.94. The molecule has 0 atom stereocenters. The smallest absolute Gasteiger partial charge is 0.184 e. The lowest BCUT2D eigenvalue weighted by Gasteiger charge is -1.91. The van der Waals surface area contributed by atoms with Gasteiger partial charge in [0.15, 0.2) is 4.47 Å². The lowest BCUT2D eigenvalue weighted by Crippen LogP contribution is -1.75. The molecule has 0 bridgehead atoms. The summed E-state index contributed by atoms with van der Waals surface area (Å²) in [4.78, 5) is 3.89. The van der Waals surface area contributed by atoms with E-state index in [2.05, 4.69) is 4.98 Å². The van der Waals surface area contributed by atoms with E-state index in [1.807, 2.05) is 0 Å². The van der Waals surface area contributed by atoms with Gasteiger partial charge in [-0.2, -0.15) is 0 Å². The quantitative estimate of drug-likeness (QED) is 0.661. The minimum Gasteiger partial charge on any atom is -0.223 e. The predicted molar refractivity (Wildman–Crippen MR) is 49.6 cm³/mol. The zero-order valence-corrected chi connectivity index (χ0v) is 7.97. The number of nitrogens with zero attached hydrogens (tertiary/aromatic N) is 1. The maximum atomic E-state index is 13.0. The average molecular weight is 222 g/mol. The summed E-state index contributed by atoms with van der Waals surface area (Å²) in [6.07, 6.45) is 0. The minimum absolute atomic E-state index is 0.303. The van der Waals surface area contributed by atoms with Gasteiger partial charge in [0.05, 0.1) is 9.72 Å². The van der Waals surface area contributed by atoms with Crippen molar-refractivity contribution in [3.8, 4) is 0 Å². The third-order valence-electron chi connectivity index (χ3n) is 1.42. The number of fused-ring (bicyclic) bond motifs is 1.